The predicted molar refractivity (Wildman–Crippen MR) is 92.5 cm³/mol. The van der Waals surface area contributed by atoms with Gasteiger partial charge in [0.25, 0.3) is 0 Å². The van der Waals surface area contributed by atoms with Crippen molar-refractivity contribution >= 4 is 35.6 Å². The topological polar surface area (TPSA) is 75.2 Å². The normalized spacial score (nSPS) is 15.3. The minimum Gasteiger partial charge on any atom is -0.348 e. The Morgan fingerprint density at radius 2 is 2.24 bits per heavy atom. The first-order valence-electron chi connectivity index (χ1n) is 7.83. The van der Waals surface area contributed by atoms with Gasteiger partial charge in [0.05, 0.1) is 17.8 Å². The van der Waals surface area contributed by atoms with Crippen LogP contribution in [0.3, 0.4) is 0 Å². The van der Waals surface area contributed by atoms with E-state index in [4.69, 9.17) is 11.6 Å². The zero-order valence-corrected chi connectivity index (χ0v) is 14.3. The fraction of sp³-hybridized carbons (Fsp3) is 0.294. The van der Waals surface area contributed by atoms with Gasteiger partial charge >= 0.3 is 0 Å². The van der Waals surface area contributed by atoms with Crippen LogP contribution in [0.4, 0.5) is 16.2 Å². The van der Waals surface area contributed by atoms with Crippen LogP contribution in [0, 0.1) is 5.82 Å². The summed E-state index contributed by atoms with van der Waals surface area (Å²) < 4.78 is 13.8. The number of aldehydes is 1. The number of carbonyl (C=O) groups excluding carboxylic acids is 2. The van der Waals surface area contributed by atoms with Crippen molar-refractivity contribution in [1.82, 2.24) is 9.97 Å². The summed E-state index contributed by atoms with van der Waals surface area (Å²) in [5.74, 6) is 0.0514. The fourth-order valence-electron chi connectivity index (χ4n) is 2.67. The van der Waals surface area contributed by atoms with Crippen LogP contribution < -0.4 is 10.2 Å². The molecule has 130 valence electrons. The standard InChI is InChI=1S/C17H16ClFN4O2/c1-10(11-4-5-12(9-24)14(19)7-11)21-17-20-8-13(18)16(22-17)23-6-2-3-15(23)25/h4-5,7-10H,2-3,6H2,1H3,(H,20,21,22). The maximum absolute atomic E-state index is 13.8. The molecule has 1 aromatic carbocycles. The van der Waals surface area contributed by atoms with E-state index in [-0.39, 0.29) is 23.5 Å². The van der Waals surface area contributed by atoms with E-state index >= 15 is 0 Å². The zero-order valence-electron chi connectivity index (χ0n) is 13.5. The molecule has 8 heteroatoms. The molecule has 0 spiro atoms. The van der Waals surface area contributed by atoms with Gasteiger partial charge in [-0.25, -0.2) is 9.37 Å². The second kappa shape index (κ2) is 7.14. The number of aromatic nitrogens is 2. The SMILES string of the molecule is CC(Nc1ncc(Cl)c(N2CCCC2=O)n1)c1ccc(C=O)c(F)c1. The number of hydrogen-bond acceptors (Lipinski definition) is 5. The predicted octanol–water partition coefficient (Wildman–Crippen LogP) is 3.38. The summed E-state index contributed by atoms with van der Waals surface area (Å²) >= 11 is 6.12. The number of nitrogens with zero attached hydrogens (tertiary/aromatic N) is 3. The average molecular weight is 363 g/mol. The number of amides is 1. The molecule has 1 unspecified atom stereocenters. The van der Waals surface area contributed by atoms with Gasteiger partial charge in [-0.3, -0.25) is 14.5 Å². The number of rotatable bonds is 5. The molecule has 1 aliphatic heterocycles. The van der Waals surface area contributed by atoms with E-state index in [0.717, 1.165) is 6.42 Å². The molecule has 1 atom stereocenters. The summed E-state index contributed by atoms with van der Waals surface area (Å²) in [4.78, 5) is 32.6. The first-order chi connectivity index (χ1) is 12.0. The Morgan fingerprint density at radius 3 is 2.88 bits per heavy atom. The Hall–Kier alpha value is -2.54. The van der Waals surface area contributed by atoms with Crippen LogP contribution in [-0.4, -0.2) is 28.7 Å². The number of nitrogens with one attached hydrogen (secondary N) is 1. The highest BCUT2D eigenvalue weighted by atomic mass is 35.5. The molecule has 1 saturated heterocycles. The number of hydrogen-bond donors (Lipinski definition) is 1. The molecule has 0 aliphatic carbocycles. The molecule has 1 aliphatic rings. The molecule has 2 aromatic rings. The summed E-state index contributed by atoms with van der Waals surface area (Å²) in [6, 6.07) is 4.07. The second-order valence-electron chi connectivity index (χ2n) is 5.78. The minimum absolute atomic E-state index is 0.00789. The maximum atomic E-state index is 13.8. The highest BCUT2D eigenvalue weighted by molar-refractivity contribution is 6.33. The lowest BCUT2D eigenvalue weighted by Crippen LogP contribution is -2.25. The van der Waals surface area contributed by atoms with E-state index in [1.165, 1.54) is 18.3 Å². The van der Waals surface area contributed by atoms with Crippen LogP contribution in [0.1, 0.15) is 41.7 Å². The second-order valence-corrected chi connectivity index (χ2v) is 6.19. The van der Waals surface area contributed by atoms with Gasteiger partial charge in [0.1, 0.15) is 10.8 Å². The van der Waals surface area contributed by atoms with E-state index in [2.05, 4.69) is 15.3 Å². The molecular formula is C17H16ClFN4O2. The van der Waals surface area contributed by atoms with E-state index < -0.39 is 5.82 Å². The van der Waals surface area contributed by atoms with Gasteiger partial charge in [-0.2, -0.15) is 4.98 Å². The summed E-state index contributed by atoms with van der Waals surface area (Å²) in [7, 11) is 0. The van der Waals surface area contributed by atoms with Crippen molar-refractivity contribution in [1.29, 1.82) is 0 Å². The molecule has 1 fully saturated rings. The van der Waals surface area contributed by atoms with Crippen LogP contribution in [-0.2, 0) is 4.79 Å². The smallest absolute Gasteiger partial charge is 0.228 e. The van der Waals surface area contributed by atoms with Gasteiger partial charge in [0, 0.05) is 13.0 Å². The van der Waals surface area contributed by atoms with Crippen molar-refractivity contribution in [3.05, 3.63) is 46.4 Å². The molecule has 0 bridgehead atoms. The molecule has 25 heavy (non-hydrogen) atoms. The van der Waals surface area contributed by atoms with Gasteiger partial charge in [0.15, 0.2) is 12.1 Å². The quantitative estimate of drug-likeness (QED) is 0.825. The highest BCUT2D eigenvalue weighted by Crippen LogP contribution is 2.28. The van der Waals surface area contributed by atoms with E-state index in [9.17, 15) is 14.0 Å². The largest absolute Gasteiger partial charge is 0.348 e. The Balaban J connectivity index is 1.81. The van der Waals surface area contributed by atoms with Gasteiger partial charge in [-0.15, -0.1) is 0 Å². The van der Waals surface area contributed by atoms with Crippen LogP contribution in [0.15, 0.2) is 24.4 Å². The van der Waals surface area contributed by atoms with Crippen molar-refractivity contribution in [2.45, 2.75) is 25.8 Å². The Bertz CT molecular complexity index is 830. The summed E-state index contributed by atoms with van der Waals surface area (Å²) in [5, 5.41) is 3.36. The number of carbonyl (C=O) groups is 2. The van der Waals surface area contributed by atoms with Crippen LogP contribution in [0.5, 0.6) is 0 Å². The number of halogens is 2. The first kappa shape index (κ1) is 17.3. The molecule has 3 rings (SSSR count). The molecule has 1 N–H and O–H groups in total. The third-order valence-corrected chi connectivity index (χ3v) is 4.32. The Morgan fingerprint density at radius 1 is 1.44 bits per heavy atom. The number of benzene rings is 1. The van der Waals surface area contributed by atoms with Gasteiger partial charge in [-0.1, -0.05) is 17.7 Å². The Kier molecular flexibility index (Phi) is 4.94. The molecule has 6 nitrogen and oxygen atoms in total. The van der Waals surface area contributed by atoms with Crippen LogP contribution >= 0.6 is 11.6 Å². The lowest BCUT2D eigenvalue weighted by molar-refractivity contribution is -0.117. The van der Waals surface area contributed by atoms with Crippen LogP contribution in [0.25, 0.3) is 0 Å². The van der Waals surface area contributed by atoms with Gasteiger partial charge < -0.3 is 5.32 Å². The zero-order chi connectivity index (χ0) is 18.0. The highest BCUT2D eigenvalue weighted by Gasteiger charge is 2.25. The molecule has 1 aromatic heterocycles. The molecule has 0 saturated carbocycles. The Labute approximate surface area is 149 Å². The van der Waals surface area contributed by atoms with Crippen molar-refractivity contribution in [2.75, 3.05) is 16.8 Å². The van der Waals surface area contributed by atoms with Gasteiger partial charge in [0.2, 0.25) is 11.9 Å². The van der Waals surface area contributed by atoms with Crippen LogP contribution in [0.2, 0.25) is 5.02 Å². The third-order valence-electron chi connectivity index (χ3n) is 4.05. The van der Waals surface area contributed by atoms with Crippen molar-refractivity contribution in [2.24, 2.45) is 0 Å². The summed E-state index contributed by atoms with van der Waals surface area (Å²) in [6.07, 6.45) is 3.14. The van der Waals surface area contributed by atoms with E-state index in [0.29, 0.717) is 35.7 Å². The maximum Gasteiger partial charge on any atom is 0.228 e. The molecule has 2 heterocycles. The molecule has 0 radical (unpaired) electrons. The van der Waals surface area contributed by atoms with Crippen molar-refractivity contribution in [3.8, 4) is 0 Å². The molecular weight excluding hydrogens is 347 g/mol. The average Bonchev–Trinajstić information content (AvgIpc) is 3.02. The first-order valence-corrected chi connectivity index (χ1v) is 8.21. The lowest BCUT2D eigenvalue weighted by Gasteiger charge is -2.19. The number of anilines is 2. The summed E-state index contributed by atoms with van der Waals surface area (Å²) in [5.41, 5.74) is 0.647. The van der Waals surface area contributed by atoms with Crippen molar-refractivity contribution < 1.29 is 14.0 Å². The lowest BCUT2D eigenvalue weighted by atomic mass is 10.1. The minimum atomic E-state index is -0.582. The monoisotopic (exact) mass is 362 g/mol. The molecule has 1 amide bonds. The third kappa shape index (κ3) is 3.61. The van der Waals surface area contributed by atoms with E-state index in [1.807, 2.05) is 6.92 Å². The summed E-state index contributed by atoms with van der Waals surface area (Å²) in [6.45, 7) is 2.39. The van der Waals surface area contributed by atoms with Crippen molar-refractivity contribution in [3.63, 3.8) is 0 Å². The van der Waals surface area contributed by atoms with Gasteiger partial charge in [-0.05, 0) is 31.0 Å². The fourth-order valence-corrected chi connectivity index (χ4v) is 2.87. The van der Waals surface area contributed by atoms with E-state index in [1.54, 1.807) is 11.0 Å².